The molecular formula is C11H12FNO3. The third-order valence-corrected chi connectivity index (χ3v) is 2.35. The Bertz CT molecular complexity index is 408. The molecular weight excluding hydrogens is 213 g/mol. The molecule has 1 atom stereocenters. The van der Waals surface area contributed by atoms with Crippen molar-refractivity contribution < 1.29 is 19.1 Å². The lowest BCUT2D eigenvalue weighted by Crippen LogP contribution is -2.50. The zero-order valence-corrected chi connectivity index (χ0v) is 8.74. The molecule has 0 saturated carbocycles. The monoisotopic (exact) mass is 225 g/mol. The summed E-state index contributed by atoms with van der Waals surface area (Å²) in [7, 11) is 0. The molecule has 0 aliphatic rings. The van der Waals surface area contributed by atoms with Crippen LogP contribution >= 0.6 is 0 Å². The number of rotatable bonds is 5. The summed E-state index contributed by atoms with van der Waals surface area (Å²) in [4.78, 5) is 21.3. The quantitative estimate of drug-likeness (QED) is 0.733. The van der Waals surface area contributed by atoms with Gasteiger partial charge >= 0.3 is 5.97 Å². The Balaban J connectivity index is 2.97. The predicted octanol–water partition coefficient (Wildman–Crippen LogP) is 0.958. The van der Waals surface area contributed by atoms with Crippen LogP contribution in [0.3, 0.4) is 0 Å². The fourth-order valence-electron chi connectivity index (χ4n) is 1.34. The molecule has 2 N–H and O–H groups in total. The molecule has 0 aromatic heterocycles. The molecule has 0 aliphatic heterocycles. The lowest BCUT2D eigenvalue weighted by Gasteiger charge is -2.24. The molecule has 5 heteroatoms. The van der Waals surface area contributed by atoms with Gasteiger partial charge in [0.05, 0.1) is 0 Å². The lowest BCUT2D eigenvalue weighted by molar-refractivity contribution is -0.145. The van der Waals surface area contributed by atoms with E-state index in [0.717, 1.165) is 0 Å². The Hall–Kier alpha value is -1.91. The molecule has 0 fully saturated rings. The maximum atomic E-state index is 13.3. The summed E-state index contributed by atoms with van der Waals surface area (Å²) in [6.07, 6.45) is 0.197. The Labute approximate surface area is 92.1 Å². The zero-order valence-electron chi connectivity index (χ0n) is 8.74. The van der Waals surface area contributed by atoms with Crippen LogP contribution in [0.1, 0.15) is 12.5 Å². The van der Waals surface area contributed by atoms with Gasteiger partial charge < -0.3 is 10.4 Å². The minimum atomic E-state index is -1.50. The number of nitrogens with one attached hydrogen (secondary N) is 1. The van der Waals surface area contributed by atoms with Gasteiger partial charge in [0.2, 0.25) is 6.41 Å². The number of hydrogen-bond donors (Lipinski definition) is 2. The van der Waals surface area contributed by atoms with Crippen LogP contribution in [-0.2, 0) is 16.0 Å². The van der Waals surface area contributed by atoms with Crippen molar-refractivity contribution in [2.45, 2.75) is 18.9 Å². The molecule has 16 heavy (non-hydrogen) atoms. The zero-order chi connectivity index (χ0) is 12.2. The second-order valence-corrected chi connectivity index (χ2v) is 3.67. The SMILES string of the molecule is CC(Cc1ccccc1F)(NC=O)C(=O)O. The van der Waals surface area contributed by atoms with E-state index in [1.807, 2.05) is 0 Å². The van der Waals surface area contributed by atoms with Gasteiger partial charge in [-0.1, -0.05) is 18.2 Å². The molecule has 1 aromatic carbocycles. The van der Waals surface area contributed by atoms with Crippen molar-refractivity contribution in [2.75, 3.05) is 0 Å². The van der Waals surface area contributed by atoms with Crippen LogP contribution in [0.4, 0.5) is 4.39 Å². The van der Waals surface area contributed by atoms with E-state index in [-0.39, 0.29) is 12.0 Å². The number of carboxylic acid groups (broad SMARTS) is 1. The lowest BCUT2D eigenvalue weighted by atomic mass is 9.93. The molecule has 1 aromatic rings. The van der Waals surface area contributed by atoms with E-state index in [9.17, 15) is 14.0 Å². The molecule has 4 nitrogen and oxygen atoms in total. The van der Waals surface area contributed by atoms with Crippen molar-refractivity contribution in [1.29, 1.82) is 0 Å². The van der Waals surface area contributed by atoms with Gasteiger partial charge in [-0.15, -0.1) is 0 Å². The Kier molecular flexibility index (Phi) is 3.60. The molecule has 86 valence electrons. The van der Waals surface area contributed by atoms with E-state index in [1.165, 1.54) is 25.1 Å². The van der Waals surface area contributed by atoms with Crippen LogP contribution in [0, 0.1) is 5.82 Å². The molecule has 0 bridgehead atoms. The summed E-state index contributed by atoms with van der Waals surface area (Å²) in [5.74, 6) is -1.69. The summed E-state index contributed by atoms with van der Waals surface area (Å²) >= 11 is 0. The molecule has 1 amide bonds. The van der Waals surface area contributed by atoms with Gasteiger partial charge in [-0.3, -0.25) is 4.79 Å². The summed E-state index contributed by atoms with van der Waals surface area (Å²) < 4.78 is 13.3. The maximum Gasteiger partial charge on any atom is 0.329 e. The van der Waals surface area contributed by atoms with E-state index in [4.69, 9.17) is 5.11 Å². The second-order valence-electron chi connectivity index (χ2n) is 3.67. The van der Waals surface area contributed by atoms with Gasteiger partial charge in [0.1, 0.15) is 11.4 Å². The van der Waals surface area contributed by atoms with Crippen molar-refractivity contribution in [1.82, 2.24) is 5.32 Å². The first-order chi connectivity index (χ1) is 7.49. The molecule has 0 saturated heterocycles. The first kappa shape index (κ1) is 12.2. The van der Waals surface area contributed by atoms with Gasteiger partial charge in [0.25, 0.3) is 0 Å². The van der Waals surface area contributed by atoms with Gasteiger partial charge in [-0.2, -0.15) is 0 Å². The number of aliphatic carboxylic acids is 1. The Morgan fingerprint density at radius 1 is 1.56 bits per heavy atom. The number of carbonyl (C=O) groups is 2. The smallest absolute Gasteiger partial charge is 0.329 e. The van der Waals surface area contributed by atoms with E-state index in [1.54, 1.807) is 6.07 Å². The summed E-state index contributed by atoms with van der Waals surface area (Å²) in [5, 5.41) is 11.2. The van der Waals surface area contributed by atoms with Gasteiger partial charge in [0.15, 0.2) is 0 Å². The van der Waals surface area contributed by atoms with Gasteiger partial charge in [-0.25, -0.2) is 9.18 Å². The third kappa shape index (κ3) is 2.56. The van der Waals surface area contributed by atoms with Crippen molar-refractivity contribution in [2.24, 2.45) is 0 Å². The van der Waals surface area contributed by atoms with Crippen LogP contribution in [0.2, 0.25) is 0 Å². The van der Waals surface area contributed by atoms with Crippen LogP contribution in [0.15, 0.2) is 24.3 Å². The summed E-state index contributed by atoms with van der Waals surface area (Å²) in [6, 6.07) is 5.87. The highest BCUT2D eigenvalue weighted by Gasteiger charge is 2.33. The number of halogens is 1. The third-order valence-electron chi connectivity index (χ3n) is 2.35. The molecule has 0 heterocycles. The standard InChI is InChI=1S/C11H12FNO3/c1-11(10(15)16,13-7-14)6-8-4-2-3-5-9(8)12/h2-5,7H,6H2,1H3,(H,13,14)(H,15,16). The molecule has 1 rings (SSSR count). The van der Waals surface area contributed by atoms with Crippen LogP contribution < -0.4 is 5.32 Å². The number of benzene rings is 1. The summed E-state index contributed by atoms with van der Waals surface area (Å²) in [5.41, 5.74) is -1.24. The van der Waals surface area contributed by atoms with Crippen LogP contribution in [0.25, 0.3) is 0 Å². The molecule has 0 spiro atoms. The number of carbonyl (C=O) groups excluding carboxylic acids is 1. The first-order valence-corrected chi connectivity index (χ1v) is 4.68. The van der Waals surface area contributed by atoms with Crippen molar-refractivity contribution in [3.63, 3.8) is 0 Å². The van der Waals surface area contributed by atoms with E-state index in [0.29, 0.717) is 6.41 Å². The topological polar surface area (TPSA) is 66.4 Å². The minimum absolute atomic E-state index is 0.103. The van der Waals surface area contributed by atoms with E-state index >= 15 is 0 Å². The minimum Gasteiger partial charge on any atom is -0.480 e. The largest absolute Gasteiger partial charge is 0.480 e. The van der Waals surface area contributed by atoms with Crippen molar-refractivity contribution in [3.05, 3.63) is 35.6 Å². The second kappa shape index (κ2) is 4.74. The van der Waals surface area contributed by atoms with Crippen LogP contribution in [0.5, 0.6) is 0 Å². The molecule has 0 aliphatic carbocycles. The first-order valence-electron chi connectivity index (χ1n) is 4.68. The fourth-order valence-corrected chi connectivity index (χ4v) is 1.34. The van der Waals surface area contributed by atoms with Crippen LogP contribution in [-0.4, -0.2) is 23.0 Å². The summed E-state index contributed by atoms with van der Waals surface area (Å²) in [6.45, 7) is 1.33. The van der Waals surface area contributed by atoms with E-state index < -0.39 is 17.3 Å². The molecule has 0 radical (unpaired) electrons. The Morgan fingerprint density at radius 3 is 2.69 bits per heavy atom. The van der Waals surface area contributed by atoms with Gasteiger partial charge in [-0.05, 0) is 18.6 Å². The number of hydrogen-bond acceptors (Lipinski definition) is 2. The number of carboxylic acids is 1. The maximum absolute atomic E-state index is 13.3. The van der Waals surface area contributed by atoms with E-state index in [2.05, 4.69) is 5.32 Å². The highest BCUT2D eigenvalue weighted by Crippen LogP contribution is 2.16. The number of amides is 1. The highest BCUT2D eigenvalue weighted by atomic mass is 19.1. The highest BCUT2D eigenvalue weighted by molar-refractivity contribution is 5.81. The average molecular weight is 225 g/mol. The normalized spacial score (nSPS) is 13.9. The predicted molar refractivity (Wildman–Crippen MR) is 55.3 cm³/mol. The Morgan fingerprint density at radius 2 is 2.19 bits per heavy atom. The van der Waals surface area contributed by atoms with Gasteiger partial charge in [0, 0.05) is 6.42 Å². The van der Waals surface area contributed by atoms with Crippen molar-refractivity contribution >= 4 is 12.4 Å². The fraction of sp³-hybridized carbons (Fsp3) is 0.273. The average Bonchev–Trinajstić information content (AvgIpc) is 2.21. The molecule has 1 unspecified atom stereocenters. The van der Waals surface area contributed by atoms with Crippen molar-refractivity contribution in [3.8, 4) is 0 Å².